The van der Waals surface area contributed by atoms with Crippen LogP contribution in [-0.2, 0) is 5.75 Å². The maximum Gasteiger partial charge on any atom is 0.293 e. The second-order valence-electron chi connectivity index (χ2n) is 4.00. The van der Waals surface area contributed by atoms with Gasteiger partial charge in [0.2, 0.25) is 0 Å². The molecular formula is C13H12FN3O2S. The molecule has 0 atom stereocenters. The molecular weight excluding hydrogens is 281 g/mol. The highest BCUT2D eigenvalue weighted by atomic mass is 32.2. The fraction of sp³-hybridized carbons (Fsp3) is 0.0769. The van der Waals surface area contributed by atoms with E-state index < -0.39 is 4.92 Å². The van der Waals surface area contributed by atoms with Crippen molar-refractivity contribution in [2.45, 2.75) is 10.6 Å². The van der Waals surface area contributed by atoms with Gasteiger partial charge in [-0.1, -0.05) is 6.07 Å². The van der Waals surface area contributed by atoms with E-state index in [0.717, 1.165) is 10.5 Å². The van der Waals surface area contributed by atoms with Gasteiger partial charge in [-0.15, -0.1) is 11.8 Å². The SMILES string of the molecule is NNc1cc(CSc2ccc(F)cc2)ccc1[N+](=O)[O-]. The average Bonchev–Trinajstić information content (AvgIpc) is 2.46. The molecule has 2 rings (SSSR count). The molecule has 0 saturated carbocycles. The second-order valence-corrected chi connectivity index (χ2v) is 5.04. The maximum atomic E-state index is 12.8. The molecule has 0 aromatic heterocycles. The number of anilines is 1. The first kappa shape index (κ1) is 14.3. The molecule has 0 heterocycles. The second kappa shape index (κ2) is 6.36. The first-order valence-corrected chi connectivity index (χ1v) is 6.71. The lowest BCUT2D eigenvalue weighted by atomic mass is 10.2. The molecule has 104 valence electrons. The molecule has 0 aliphatic carbocycles. The smallest absolute Gasteiger partial charge is 0.293 e. The van der Waals surface area contributed by atoms with E-state index in [9.17, 15) is 14.5 Å². The molecule has 0 aliphatic heterocycles. The molecule has 0 saturated heterocycles. The minimum absolute atomic E-state index is 0.0666. The van der Waals surface area contributed by atoms with E-state index in [4.69, 9.17) is 5.84 Å². The van der Waals surface area contributed by atoms with Crippen LogP contribution < -0.4 is 11.3 Å². The van der Waals surface area contributed by atoms with Gasteiger partial charge in [-0.2, -0.15) is 0 Å². The largest absolute Gasteiger partial charge is 0.318 e. The number of nitrogens with two attached hydrogens (primary N) is 1. The molecule has 0 fully saturated rings. The number of nitro benzene ring substituents is 1. The molecule has 0 radical (unpaired) electrons. The number of rotatable bonds is 5. The fourth-order valence-electron chi connectivity index (χ4n) is 1.65. The number of thioether (sulfide) groups is 1. The van der Waals surface area contributed by atoms with Crippen LogP contribution in [0.25, 0.3) is 0 Å². The van der Waals surface area contributed by atoms with Crippen LogP contribution in [-0.4, -0.2) is 4.92 Å². The normalized spacial score (nSPS) is 10.3. The summed E-state index contributed by atoms with van der Waals surface area (Å²) in [4.78, 5) is 11.2. The zero-order valence-corrected chi connectivity index (χ0v) is 11.2. The third kappa shape index (κ3) is 3.46. The number of nitro groups is 1. The van der Waals surface area contributed by atoms with E-state index >= 15 is 0 Å². The Labute approximate surface area is 119 Å². The highest BCUT2D eigenvalue weighted by molar-refractivity contribution is 7.98. The van der Waals surface area contributed by atoms with Crippen LogP contribution in [0.5, 0.6) is 0 Å². The summed E-state index contributed by atoms with van der Waals surface area (Å²) in [5.74, 6) is 5.61. The summed E-state index contributed by atoms with van der Waals surface area (Å²) >= 11 is 1.51. The first-order valence-electron chi connectivity index (χ1n) is 5.72. The van der Waals surface area contributed by atoms with E-state index in [1.165, 1.54) is 30.0 Å². The molecule has 0 amide bonds. The van der Waals surface area contributed by atoms with E-state index in [1.807, 2.05) is 0 Å². The standard InChI is InChI=1S/C13H12FN3O2S/c14-10-2-4-11(5-3-10)20-8-9-1-6-13(17(18)19)12(7-9)16-15/h1-7,16H,8,15H2. The Hall–Kier alpha value is -2.12. The number of nitrogens with one attached hydrogen (secondary N) is 1. The van der Waals surface area contributed by atoms with Crippen molar-refractivity contribution < 1.29 is 9.31 Å². The van der Waals surface area contributed by atoms with Gasteiger partial charge in [0.05, 0.1) is 4.92 Å². The Kier molecular flexibility index (Phi) is 4.54. The minimum Gasteiger partial charge on any atom is -0.318 e. The summed E-state index contributed by atoms with van der Waals surface area (Å²) in [7, 11) is 0. The lowest BCUT2D eigenvalue weighted by molar-refractivity contribution is -0.384. The number of nitrogens with zero attached hydrogens (tertiary/aromatic N) is 1. The van der Waals surface area contributed by atoms with Crippen molar-refractivity contribution in [3.05, 3.63) is 64.0 Å². The highest BCUT2D eigenvalue weighted by Crippen LogP contribution is 2.28. The molecule has 0 aliphatic rings. The van der Waals surface area contributed by atoms with Crippen molar-refractivity contribution >= 4 is 23.1 Å². The summed E-state index contributed by atoms with van der Waals surface area (Å²) in [6.07, 6.45) is 0. The third-order valence-electron chi connectivity index (χ3n) is 2.63. The number of halogens is 1. The van der Waals surface area contributed by atoms with Gasteiger partial charge >= 0.3 is 0 Å². The molecule has 0 spiro atoms. The van der Waals surface area contributed by atoms with Crippen molar-refractivity contribution in [3.8, 4) is 0 Å². The van der Waals surface area contributed by atoms with Crippen molar-refractivity contribution in [1.29, 1.82) is 0 Å². The molecule has 3 N–H and O–H groups in total. The van der Waals surface area contributed by atoms with E-state index in [2.05, 4.69) is 5.43 Å². The molecule has 0 bridgehead atoms. The summed E-state index contributed by atoms with van der Waals surface area (Å²) in [5, 5.41) is 10.8. The lowest BCUT2D eigenvalue weighted by Gasteiger charge is -2.06. The lowest BCUT2D eigenvalue weighted by Crippen LogP contribution is -2.09. The molecule has 20 heavy (non-hydrogen) atoms. The highest BCUT2D eigenvalue weighted by Gasteiger charge is 2.13. The van der Waals surface area contributed by atoms with Crippen LogP contribution in [0, 0.1) is 15.9 Å². The van der Waals surface area contributed by atoms with Crippen molar-refractivity contribution in [2.75, 3.05) is 5.43 Å². The fourth-order valence-corrected chi connectivity index (χ4v) is 2.49. The van der Waals surface area contributed by atoms with Crippen LogP contribution in [0.4, 0.5) is 15.8 Å². The van der Waals surface area contributed by atoms with E-state index in [-0.39, 0.29) is 17.2 Å². The monoisotopic (exact) mass is 293 g/mol. The van der Waals surface area contributed by atoms with Gasteiger partial charge in [0, 0.05) is 16.7 Å². The van der Waals surface area contributed by atoms with Gasteiger partial charge in [0.1, 0.15) is 11.5 Å². The molecule has 5 nitrogen and oxygen atoms in total. The van der Waals surface area contributed by atoms with Crippen LogP contribution in [0.15, 0.2) is 47.4 Å². The summed E-state index contributed by atoms with van der Waals surface area (Å²) in [6.45, 7) is 0. The zero-order valence-electron chi connectivity index (χ0n) is 10.4. The predicted octanol–water partition coefficient (Wildman–Crippen LogP) is 3.31. The van der Waals surface area contributed by atoms with Gasteiger partial charge in [0.15, 0.2) is 0 Å². The zero-order chi connectivity index (χ0) is 14.5. The maximum absolute atomic E-state index is 12.8. The summed E-state index contributed by atoms with van der Waals surface area (Å²) in [5.41, 5.74) is 3.41. The van der Waals surface area contributed by atoms with Gasteiger partial charge in [-0.05, 0) is 35.9 Å². The van der Waals surface area contributed by atoms with Crippen molar-refractivity contribution in [2.24, 2.45) is 5.84 Å². The van der Waals surface area contributed by atoms with Crippen molar-refractivity contribution in [1.82, 2.24) is 0 Å². The van der Waals surface area contributed by atoms with Gasteiger partial charge in [0.25, 0.3) is 5.69 Å². The molecule has 7 heteroatoms. The average molecular weight is 293 g/mol. The van der Waals surface area contributed by atoms with Gasteiger partial charge < -0.3 is 5.43 Å². The number of benzene rings is 2. The Balaban J connectivity index is 2.10. The Bertz CT molecular complexity index is 620. The van der Waals surface area contributed by atoms with Crippen LogP contribution in [0.1, 0.15) is 5.56 Å². The number of hydrazine groups is 1. The topological polar surface area (TPSA) is 81.2 Å². The Morgan fingerprint density at radius 1 is 1.25 bits per heavy atom. The van der Waals surface area contributed by atoms with Gasteiger partial charge in [-0.25, -0.2) is 4.39 Å². The Morgan fingerprint density at radius 3 is 2.55 bits per heavy atom. The molecule has 2 aromatic carbocycles. The number of nitrogen functional groups attached to an aromatic ring is 1. The van der Waals surface area contributed by atoms with E-state index in [0.29, 0.717) is 5.75 Å². The minimum atomic E-state index is -0.494. The van der Waals surface area contributed by atoms with Gasteiger partial charge in [-0.3, -0.25) is 16.0 Å². The summed E-state index contributed by atoms with van der Waals surface area (Å²) < 4.78 is 12.8. The molecule has 2 aromatic rings. The van der Waals surface area contributed by atoms with Crippen molar-refractivity contribution in [3.63, 3.8) is 0 Å². The third-order valence-corrected chi connectivity index (χ3v) is 3.72. The molecule has 0 unspecified atom stereocenters. The number of hydrogen-bond donors (Lipinski definition) is 2. The van der Waals surface area contributed by atoms with Crippen LogP contribution in [0.3, 0.4) is 0 Å². The number of hydrogen-bond acceptors (Lipinski definition) is 5. The van der Waals surface area contributed by atoms with Crippen LogP contribution >= 0.6 is 11.8 Å². The first-order chi connectivity index (χ1) is 9.60. The Morgan fingerprint density at radius 2 is 1.95 bits per heavy atom. The quantitative estimate of drug-likeness (QED) is 0.382. The van der Waals surface area contributed by atoms with E-state index in [1.54, 1.807) is 24.3 Å². The summed E-state index contributed by atoms with van der Waals surface area (Å²) in [6, 6.07) is 10.9. The predicted molar refractivity (Wildman–Crippen MR) is 76.9 cm³/mol. The van der Waals surface area contributed by atoms with Crippen LogP contribution in [0.2, 0.25) is 0 Å².